The van der Waals surface area contributed by atoms with Gasteiger partial charge in [0.25, 0.3) is 0 Å². The maximum Gasteiger partial charge on any atom is 0.315 e. The summed E-state index contributed by atoms with van der Waals surface area (Å²) in [5.41, 5.74) is -1.58. The molecule has 6 heterocycles. The maximum atomic E-state index is 15.3. The molecule has 30 heteroatoms. The molecule has 11 aliphatic rings. The molecule has 0 aromatic heterocycles. The van der Waals surface area contributed by atoms with Gasteiger partial charge in [-0.3, -0.25) is 4.79 Å². The van der Waals surface area contributed by atoms with Gasteiger partial charge < -0.3 is 144 Å². The van der Waals surface area contributed by atoms with Gasteiger partial charge in [0, 0.05) is 0 Å². The summed E-state index contributed by atoms with van der Waals surface area (Å²) in [6.07, 6.45) is -38.3. The maximum absolute atomic E-state index is 15.3. The molecule has 0 bridgehead atoms. The first-order chi connectivity index (χ1) is 44.5. The second-order valence-corrected chi connectivity index (χ2v) is 31.4. The van der Waals surface area contributed by atoms with E-state index in [2.05, 4.69) is 54.5 Å². The number of hydrogen-bond donors (Lipinski definition) is 17. The summed E-state index contributed by atoms with van der Waals surface area (Å²) in [6.45, 7) is 16.2. The SMILES string of the molecule is C[C@@H]1O[C@@H](O[C@H]2[C@H](O[C@H]3CC[C@]4(C)[C@H]5CC=C6[C@@H]7CC(C)(C)CC[C@]7(C(=O)O[C@@H]7O[C@H](CO[C@@H]8O[C@H](CO)[C@@H](O[C@@H]9O[C@@H](C)[C@H](O)[C@@H](O)[C@H]9O)[C@H](O)[C@H]8O)[C@@H](O)[C@H](O)[C@H]7O)CC[C@@]6(C)[C@]5(C)CC[C@H]4C3(C)C)OC[C@H](O[C@@H]3O[C@H](CO)[C@@H](O)[C@H](O)[C@H]3O)[C@@H]2O)[C@H](O)[C@H](O)[C@H]1O. The van der Waals surface area contributed by atoms with Crippen molar-refractivity contribution in [1.82, 2.24) is 0 Å². The second-order valence-electron chi connectivity index (χ2n) is 31.4. The van der Waals surface area contributed by atoms with E-state index in [0.717, 1.165) is 19.3 Å². The quantitative estimate of drug-likeness (QED) is 0.0426. The third-order valence-corrected chi connectivity index (χ3v) is 25.2. The lowest BCUT2D eigenvalue weighted by Gasteiger charge is -2.71. The Labute approximate surface area is 551 Å². The first-order valence-electron chi connectivity index (χ1n) is 34.0. The van der Waals surface area contributed by atoms with E-state index >= 15 is 4.79 Å². The molecule has 6 aliphatic heterocycles. The van der Waals surface area contributed by atoms with E-state index in [4.69, 9.17) is 56.8 Å². The number of rotatable bonds is 15. The van der Waals surface area contributed by atoms with Crippen molar-refractivity contribution in [2.45, 2.75) is 311 Å². The van der Waals surface area contributed by atoms with Gasteiger partial charge in [-0.15, -0.1) is 0 Å². The smallest absolute Gasteiger partial charge is 0.315 e. The number of carbonyl (C=O) groups is 1. The number of aliphatic hydroxyl groups is 17. The highest BCUT2D eigenvalue weighted by atomic mass is 16.8. The first kappa shape index (κ1) is 74.3. The molecule has 11 rings (SSSR count). The van der Waals surface area contributed by atoms with Crippen LogP contribution in [0.5, 0.6) is 0 Å². The Hall–Kier alpha value is -1.91. The van der Waals surface area contributed by atoms with Gasteiger partial charge in [-0.2, -0.15) is 0 Å². The van der Waals surface area contributed by atoms with Crippen LogP contribution >= 0.6 is 0 Å². The highest BCUT2D eigenvalue weighted by Gasteiger charge is 2.71. The van der Waals surface area contributed by atoms with Gasteiger partial charge in [0.05, 0.1) is 50.2 Å². The fourth-order valence-corrected chi connectivity index (χ4v) is 19.0. The van der Waals surface area contributed by atoms with E-state index in [1.807, 2.05) is 0 Å². The van der Waals surface area contributed by atoms with Crippen LogP contribution < -0.4 is 0 Å². The fraction of sp³-hybridized carbons (Fsp3) is 0.954. The van der Waals surface area contributed by atoms with E-state index in [0.29, 0.717) is 44.9 Å². The second kappa shape index (κ2) is 27.7. The minimum atomic E-state index is -1.91. The summed E-state index contributed by atoms with van der Waals surface area (Å²) in [7, 11) is 0. The Morgan fingerprint density at radius 3 is 1.63 bits per heavy atom. The van der Waals surface area contributed by atoms with Gasteiger partial charge in [0.2, 0.25) is 6.29 Å². The highest BCUT2D eigenvalue weighted by Crippen LogP contribution is 2.76. The Balaban J connectivity index is 0.779. The van der Waals surface area contributed by atoms with Crippen LogP contribution in [0.2, 0.25) is 0 Å². The lowest BCUT2D eigenvalue weighted by molar-refractivity contribution is -0.380. The van der Waals surface area contributed by atoms with Crippen LogP contribution in [0.1, 0.15) is 127 Å². The molecule has 0 spiro atoms. The van der Waals surface area contributed by atoms with Crippen LogP contribution in [0.4, 0.5) is 0 Å². The van der Waals surface area contributed by atoms with E-state index in [9.17, 15) is 86.8 Å². The molecule has 5 aliphatic carbocycles. The molecule has 0 aromatic rings. The lowest BCUT2D eigenvalue weighted by Crippen LogP contribution is -2.66. The average Bonchev–Trinajstić information content (AvgIpc) is 0.679. The molecule has 95 heavy (non-hydrogen) atoms. The van der Waals surface area contributed by atoms with Gasteiger partial charge in [-0.1, -0.05) is 60.1 Å². The van der Waals surface area contributed by atoms with Gasteiger partial charge >= 0.3 is 5.97 Å². The largest absolute Gasteiger partial charge is 0.432 e. The van der Waals surface area contributed by atoms with Crippen LogP contribution in [-0.2, 0) is 61.6 Å². The summed E-state index contributed by atoms with van der Waals surface area (Å²) in [5, 5.41) is 184. The highest BCUT2D eigenvalue weighted by molar-refractivity contribution is 5.79. The van der Waals surface area contributed by atoms with Crippen molar-refractivity contribution in [2.75, 3.05) is 26.4 Å². The lowest BCUT2D eigenvalue weighted by atomic mass is 9.33. The zero-order valence-electron chi connectivity index (χ0n) is 55.4. The summed E-state index contributed by atoms with van der Waals surface area (Å²) in [5.74, 6) is -0.696. The molecule has 0 amide bonds. The molecule has 37 atom stereocenters. The summed E-state index contributed by atoms with van der Waals surface area (Å²) < 4.78 is 72.0. The average molecular weight is 1370 g/mol. The molecular formula is C65H106O30. The molecule has 0 radical (unpaired) electrons. The summed E-state index contributed by atoms with van der Waals surface area (Å²) in [4.78, 5) is 15.3. The normalized spacial score (nSPS) is 54.6. The molecule has 4 saturated carbocycles. The predicted octanol–water partition coefficient (Wildman–Crippen LogP) is -3.69. The third-order valence-electron chi connectivity index (χ3n) is 25.2. The molecule has 17 N–H and O–H groups in total. The van der Waals surface area contributed by atoms with Crippen LogP contribution in [-0.4, -0.2) is 303 Å². The van der Waals surface area contributed by atoms with Crippen LogP contribution in [0.15, 0.2) is 11.6 Å². The monoisotopic (exact) mass is 1370 g/mol. The summed E-state index contributed by atoms with van der Waals surface area (Å²) >= 11 is 0. The van der Waals surface area contributed by atoms with E-state index in [1.165, 1.54) is 19.4 Å². The summed E-state index contributed by atoms with van der Waals surface area (Å²) in [6, 6.07) is 0. The van der Waals surface area contributed by atoms with Crippen molar-refractivity contribution in [2.24, 2.45) is 50.2 Å². The van der Waals surface area contributed by atoms with Crippen molar-refractivity contribution in [3.8, 4) is 0 Å². The van der Waals surface area contributed by atoms with E-state index < -0.39 is 226 Å². The van der Waals surface area contributed by atoms with Crippen molar-refractivity contribution in [3.63, 3.8) is 0 Å². The molecule has 0 aromatic carbocycles. The minimum absolute atomic E-state index is 0.0735. The zero-order chi connectivity index (χ0) is 69.3. The molecule has 30 nitrogen and oxygen atoms in total. The first-order valence-corrected chi connectivity index (χ1v) is 34.0. The Morgan fingerprint density at radius 1 is 0.495 bits per heavy atom. The van der Waals surface area contributed by atoms with E-state index in [1.54, 1.807) is 0 Å². The van der Waals surface area contributed by atoms with Gasteiger partial charge in [0.1, 0.15) is 128 Å². The Bertz CT molecular complexity index is 2670. The van der Waals surface area contributed by atoms with Crippen LogP contribution in [0.25, 0.3) is 0 Å². The molecule has 6 saturated heterocycles. The molecule has 0 unspecified atom stereocenters. The number of carbonyl (C=O) groups excluding carboxylic acids is 1. The van der Waals surface area contributed by atoms with Gasteiger partial charge in [-0.05, 0) is 123 Å². The Morgan fingerprint density at radius 2 is 1.02 bits per heavy atom. The number of fused-ring (bicyclic) bond motifs is 7. The topological polar surface area (TPSA) is 472 Å². The number of allylic oxidation sites excluding steroid dienone is 2. The number of esters is 1. The number of hydrogen-bond acceptors (Lipinski definition) is 30. The van der Waals surface area contributed by atoms with Gasteiger partial charge in [-0.25, -0.2) is 0 Å². The zero-order valence-corrected chi connectivity index (χ0v) is 55.4. The number of ether oxygens (including phenoxy) is 12. The van der Waals surface area contributed by atoms with Crippen LogP contribution in [0, 0.1) is 50.2 Å². The Kier molecular flexibility index (Phi) is 21.7. The molecular weight excluding hydrogens is 1260 g/mol. The standard InChI is InChI=1S/C65H106O30/c1-25-36(68)41(73)46(78)54(86-25)93-51-30(22-67)89-53(50(82)45(51)77)84-23-31-39(71)44(76)49(81)57(90-31)95-59(83)65-18-16-60(3,4)20-28(65)27-10-11-34-62(7)14-13-35(61(5,6)33(62)12-15-64(34,9)63(27,8)17-19-65)92-58-52(94-55-47(79)42(74)37(69)26(2)87-55)40(72)32(24-85-58)91-56-48(80)43(75)38(70)29(21-66)88-56/h10,25-26,28-58,66-82H,11-24H2,1-9H3/t25-,26-,28-,29+,30+,31+,32-,33-,34+,35-,36-,37-,38+,39+,40-,41+,42+,43-,44-,45+,46+,47+,48+,49+,50+,51+,52+,53+,54-,55-,56-,57-,58-,62-,63+,64+,65-/m0/s1. The predicted molar refractivity (Wildman–Crippen MR) is 319 cm³/mol. The minimum Gasteiger partial charge on any atom is -0.432 e. The van der Waals surface area contributed by atoms with Crippen molar-refractivity contribution < 1.29 is 148 Å². The van der Waals surface area contributed by atoms with Crippen molar-refractivity contribution in [3.05, 3.63) is 11.6 Å². The third kappa shape index (κ3) is 12.9. The number of aliphatic hydroxyl groups excluding tert-OH is 17. The molecule has 546 valence electrons. The fourth-order valence-electron chi connectivity index (χ4n) is 19.0. The molecule has 10 fully saturated rings. The van der Waals surface area contributed by atoms with Crippen molar-refractivity contribution in [1.29, 1.82) is 0 Å². The van der Waals surface area contributed by atoms with Crippen LogP contribution in [0.3, 0.4) is 0 Å². The van der Waals surface area contributed by atoms with Gasteiger partial charge in [0.15, 0.2) is 31.5 Å². The van der Waals surface area contributed by atoms with Crippen molar-refractivity contribution >= 4 is 5.97 Å². The van der Waals surface area contributed by atoms with E-state index in [-0.39, 0.29) is 40.6 Å².